The highest BCUT2D eigenvalue weighted by Crippen LogP contribution is 2.13. The van der Waals surface area contributed by atoms with Gasteiger partial charge >= 0.3 is 0 Å². The minimum Gasteiger partial charge on any atom is -0.304 e. The van der Waals surface area contributed by atoms with E-state index in [-0.39, 0.29) is 11.9 Å². The lowest BCUT2D eigenvalue weighted by Crippen LogP contribution is -2.18. The first-order valence-electron chi connectivity index (χ1n) is 5.49. The molecule has 2 rings (SSSR count). The van der Waals surface area contributed by atoms with Crippen LogP contribution in [0.5, 0.6) is 0 Å². The Morgan fingerprint density at radius 2 is 2.29 bits per heavy atom. The summed E-state index contributed by atoms with van der Waals surface area (Å²) >= 11 is 0. The second kappa shape index (κ2) is 5.05. The number of nitrogens with one attached hydrogen (secondary N) is 1. The molecule has 0 amide bonds. The maximum Gasteiger partial charge on any atom is 0.123 e. The molecule has 0 saturated heterocycles. The largest absolute Gasteiger partial charge is 0.304 e. The highest BCUT2D eigenvalue weighted by atomic mass is 19.1. The van der Waals surface area contributed by atoms with E-state index < -0.39 is 0 Å². The molecule has 0 unspecified atom stereocenters. The van der Waals surface area contributed by atoms with Crippen molar-refractivity contribution in [3.63, 3.8) is 0 Å². The first kappa shape index (κ1) is 11.7. The molecule has 0 aliphatic carbocycles. The van der Waals surface area contributed by atoms with Gasteiger partial charge in [-0.05, 0) is 24.6 Å². The van der Waals surface area contributed by atoms with Crippen molar-refractivity contribution in [2.24, 2.45) is 7.05 Å². The number of aryl methyl sites for hydroxylation is 1. The lowest BCUT2D eigenvalue weighted by atomic mass is 10.1. The summed E-state index contributed by atoms with van der Waals surface area (Å²) in [6.07, 6.45) is 1.85. The van der Waals surface area contributed by atoms with Crippen molar-refractivity contribution in [2.45, 2.75) is 19.5 Å². The predicted octanol–water partition coefficient (Wildman–Crippen LogP) is 1.80. The fraction of sp³-hybridized carbons (Fsp3) is 0.333. The molecule has 0 bridgehead atoms. The molecule has 0 spiro atoms. The van der Waals surface area contributed by atoms with Crippen LogP contribution in [0, 0.1) is 5.82 Å². The third-order valence-electron chi connectivity index (χ3n) is 2.59. The molecule has 0 saturated carbocycles. The van der Waals surface area contributed by atoms with Crippen LogP contribution in [0.3, 0.4) is 0 Å². The molecule has 1 aromatic heterocycles. The number of hydrogen-bond acceptors (Lipinski definition) is 3. The predicted molar refractivity (Wildman–Crippen MR) is 62.7 cm³/mol. The Balaban J connectivity index is 1.95. The monoisotopic (exact) mass is 234 g/mol. The van der Waals surface area contributed by atoms with Crippen LogP contribution in [-0.4, -0.2) is 15.0 Å². The van der Waals surface area contributed by atoms with Crippen molar-refractivity contribution in [1.29, 1.82) is 0 Å². The zero-order valence-electron chi connectivity index (χ0n) is 9.89. The Bertz CT molecular complexity index is 495. The number of rotatable bonds is 4. The average molecular weight is 234 g/mol. The molecule has 4 nitrogen and oxygen atoms in total. The Labute approximate surface area is 99.5 Å². The topological polar surface area (TPSA) is 42.7 Å². The van der Waals surface area contributed by atoms with Crippen molar-refractivity contribution in [1.82, 2.24) is 20.3 Å². The van der Waals surface area contributed by atoms with Crippen LogP contribution < -0.4 is 5.32 Å². The van der Waals surface area contributed by atoms with Crippen LogP contribution in [-0.2, 0) is 13.6 Å². The van der Waals surface area contributed by atoms with Crippen LogP contribution in [0.25, 0.3) is 0 Å². The summed E-state index contributed by atoms with van der Waals surface area (Å²) in [6, 6.07) is 6.67. The Kier molecular flexibility index (Phi) is 3.49. The number of nitrogens with zero attached hydrogens (tertiary/aromatic N) is 3. The molecule has 5 heteroatoms. The van der Waals surface area contributed by atoms with Gasteiger partial charge in [-0.1, -0.05) is 17.3 Å². The minimum atomic E-state index is -0.212. The second-order valence-electron chi connectivity index (χ2n) is 4.04. The molecule has 0 aliphatic heterocycles. The van der Waals surface area contributed by atoms with Gasteiger partial charge in [0.25, 0.3) is 0 Å². The lowest BCUT2D eigenvalue weighted by molar-refractivity contribution is 0.558. The first-order valence-corrected chi connectivity index (χ1v) is 5.49. The molecule has 1 aromatic carbocycles. The number of halogens is 1. The van der Waals surface area contributed by atoms with Crippen LogP contribution in [0.15, 0.2) is 30.5 Å². The van der Waals surface area contributed by atoms with E-state index in [4.69, 9.17) is 0 Å². The molecular weight excluding hydrogens is 219 g/mol. The van der Waals surface area contributed by atoms with Crippen LogP contribution in [0.1, 0.15) is 24.2 Å². The van der Waals surface area contributed by atoms with Crippen molar-refractivity contribution in [3.8, 4) is 0 Å². The standard InChI is InChI=1S/C12H15FN4/c1-9(10-4-3-5-11(13)6-10)14-7-12-8-17(2)16-15-12/h3-6,8-9,14H,7H2,1-2H3/t9-/m1/s1. The van der Waals surface area contributed by atoms with E-state index >= 15 is 0 Å². The van der Waals surface area contributed by atoms with Gasteiger partial charge in [0.15, 0.2) is 0 Å². The van der Waals surface area contributed by atoms with E-state index in [0.29, 0.717) is 6.54 Å². The summed E-state index contributed by atoms with van der Waals surface area (Å²) in [6.45, 7) is 2.61. The van der Waals surface area contributed by atoms with E-state index in [1.807, 2.05) is 26.2 Å². The lowest BCUT2D eigenvalue weighted by Gasteiger charge is -2.12. The molecule has 90 valence electrons. The quantitative estimate of drug-likeness (QED) is 0.877. The summed E-state index contributed by atoms with van der Waals surface area (Å²) in [5.41, 5.74) is 1.80. The average Bonchev–Trinajstić information content (AvgIpc) is 2.72. The smallest absolute Gasteiger partial charge is 0.123 e. The van der Waals surface area contributed by atoms with Gasteiger partial charge in [0.1, 0.15) is 5.82 Å². The third-order valence-corrected chi connectivity index (χ3v) is 2.59. The van der Waals surface area contributed by atoms with Gasteiger partial charge in [0.2, 0.25) is 0 Å². The van der Waals surface area contributed by atoms with Crippen molar-refractivity contribution in [3.05, 3.63) is 47.5 Å². The molecule has 0 fully saturated rings. The van der Waals surface area contributed by atoms with Crippen molar-refractivity contribution in [2.75, 3.05) is 0 Å². The van der Waals surface area contributed by atoms with Crippen LogP contribution in [0.4, 0.5) is 4.39 Å². The van der Waals surface area contributed by atoms with Gasteiger partial charge in [-0.3, -0.25) is 4.68 Å². The van der Waals surface area contributed by atoms with E-state index in [0.717, 1.165) is 11.3 Å². The second-order valence-corrected chi connectivity index (χ2v) is 4.04. The van der Waals surface area contributed by atoms with E-state index in [1.165, 1.54) is 12.1 Å². The fourth-order valence-electron chi connectivity index (χ4n) is 1.63. The SMILES string of the molecule is C[C@@H](NCc1cn(C)nn1)c1cccc(F)c1. The molecule has 1 N–H and O–H groups in total. The normalized spacial score (nSPS) is 12.6. The summed E-state index contributed by atoms with van der Waals surface area (Å²) in [7, 11) is 1.83. The fourth-order valence-corrected chi connectivity index (χ4v) is 1.63. The van der Waals surface area contributed by atoms with Crippen LogP contribution >= 0.6 is 0 Å². The van der Waals surface area contributed by atoms with Gasteiger partial charge in [-0.15, -0.1) is 5.10 Å². The summed E-state index contributed by atoms with van der Waals surface area (Å²) in [5, 5.41) is 11.1. The summed E-state index contributed by atoms with van der Waals surface area (Å²) in [4.78, 5) is 0. The zero-order valence-corrected chi connectivity index (χ0v) is 9.89. The van der Waals surface area contributed by atoms with Crippen molar-refractivity contribution >= 4 is 0 Å². The first-order chi connectivity index (χ1) is 8.15. The minimum absolute atomic E-state index is 0.0766. The molecule has 0 aliphatic rings. The van der Waals surface area contributed by atoms with E-state index in [9.17, 15) is 4.39 Å². The van der Waals surface area contributed by atoms with E-state index in [1.54, 1.807) is 10.7 Å². The van der Waals surface area contributed by atoms with Crippen molar-refractivity contribution < 1.29 is 4.39 Å². The third kappa shape index (κ3) is 3.10. The molecule has 1 heterocycles. The maximum atomic E-state index is 13.0. The van der Waals surface area contributed by atoms with Gasteiger partial charge in [0, 0.05) is 25.8 Å². The Hall–Kier alpha value is -1.75. The maximum absolute atomic E-state index is 13.0. The summed E-state index contributed by atoms with van der Waals surface area (Å²) in [5.74, 6) is -0.212. The number of benzene rings is 1. The van der Waals surface area contributed by atoms with Crippen LogP contribution in [0.2, 0.25) is 0 Å². The van der Waals surface area contributed by atoms with Gasteiger partial charge in [-0.25, -0.2) is 4.39 Å². The molecule has 17 heavy (non-hydrogen) atoms. The van der Waals surface area contributed by atoms with E-state index in [2.05, 4.69) is 15.6 Å². The molecule has 1 atom stereocenters. The van der Waals surface area contributed by atoms with Gasteiger partial charge in [0.05, 0.1) is 5.69 Å². The van der Waals surface area contributed by atoms with Gasteiger partial charge in [-0.2, -0.15) is 0 Å². The van der Waals surface area contributed by atoms with Gasteiger partial charge < -0.3 is 5.32 Å². The molecule has 2 aromatic rings. The number of hydrogen-bond donors (Lipinski definition) is 1. The highest BCUT2D eigenvalue weighted by Gasteiger charge is 2.06. The molecular formula is C12H15FN4. The Morgan fingerprint density at radius 3 is 2.94 bits per heavy atom. The summed E-state index contributed by atoms with van der Waals surface area (Å²) < 4.78 is 14.7. The number of aromatic nitrogens is 3. The zero-order chi connectivity index (χ0) is 12.3. The Morgan fingerprint density at radius 1 is 1.47 bits per heavy atom. The molecule has 0 radical (unpaired) electrons. The highest BCUT2D eigenvalue weighted by molar-refractivity contribution is 5.19.